The largest absolute Gasteiger partial charge is 0.451 e. The molecule has 3 rings (SSSR count). The molecule has 6 nitrogen and oxygen atoms in total. The average Bonchev–Trinajstić information content (AvgIpc) is 3.28. The second-order valence-corrected chi connectivity index (χ2v) is 6.92. The van der Waals surface area contributed by atoms with Crippen molar-refractivity contribution in [3.8, 4) is 0 Å². The molecule has 0 aromatic carbocycles. The number of nitrogen functional groups attached to an aromatic ring is 1. The molecule has 1 saturated carbocycles. The smallest absolute Gasteiger partial charge is 0.351 e. The number of fused-ring (bicyclic) bond motifs is 1. The Morgan fingerprint density at radius 3 is 2.78 bits per heavy atom. The molecule has 2 heterocycles. The first-order valence-corrected chi connectivity index (χ1v) is 8.29. The van der Waals surface area contributed by atoms with Crippen LogP contribution in [0.3, 0.4) is 0 Å². The van der Waals surface area contributed by atoms with Crippen molar-refractivity contribution in [2.24, 2.45) is 0 Å². The molecule has 0 atom stereocenters. The highest BCUT2D eigenvalue weighted by Gasteiger charge is 2.30. The summed E-state index contributed by atoms with van der Waals surface area (Å²) in [5.41, 5.74) is 8.32. The quantitative estimate of drug-likeness (QED) is 0.868. The van der Waals surface area contributed by atoms with Crippen LogP contribution >= 0.6 is 11.3 Å². The Morgan fingerprint density at radius 1 is 1.43 bits per heavy atom. The molecule has 122 valence electrons. The molecule has 1 aliphatic rings. The number of carbonyl (C=O) groups is 2. The number of thiophene rings is 1. The molecule has 0 bridgehead atoms. The molecule has 0 spiro atoms. The van der Waals surface area contributed by atoms with Crippen LogP contribution in [-0.4, -0.2) is 41.5 Å². The van der Waals surface area contributed by atoms with E-state index in [1.807, 2.05) is 19.9 Å². The number of carbonyl (C=O) groups excluding carboxylic acids is 2. The second kappa shape index (κ2) is 5.81. The molecule has 0 unspecified atom stereocenters. The van der Waals surface area contributed by atoms with Crippen LogP contribution in [0.4, 0.5) is 5.69 Å². The average molecular weight is 333 g/mol. The fraction of sp³-hybridized carbons (Fsp3) is 0.438. The highest BCUT2D eigenvalue weighted by Crippen LogP contribution is 2.35. The van der Waals surface area contributed by atoms with E-state index >= 15 is 0 Å². The maximum Gasteiger partial charge on any atom is 0.351 e. The van der Waals surface area contributed by atoms with Gasteiger partial charge in [0.2, 0.25) is 0 Å². The maximum atomic E-state index is 12.3. The monoisotopic (exact) mass is 333 g/mol. The summed E-state index contributed by atoms with van der Waals surface area (Å²) in [5.74, 6) is -0.759. The van der Waals surface area contributed by atoms with Crippen molar-refractivity contribution in [1.29, 1.82) is 0 Å². The number of nitrogens with two attached hydrogens (primary N) is 1. The molecule has 7 heteroatoms. The van der Waals surface area contributed by atoms with E-state index in [9.17, 15) is 9.59 Å². The lowest BCUT2D eigenvalue weighted by Gasteiger charge is -2.15. The van der Waals surface area contributed by atoms with E-state index in [1.165, 1.54) is 11.3 Å². The number of hydrogen-bond acceptors (Lipinski definition) is 6. The van der Waals surface area contributed by atoms with Gasteiger partial charge in [0.15, 0.2) is 6.61 Å². The number of esters is 1. The lowest BCUT2D eigenvalue weighted by molar-refractivity contribution is -0.133. The molecule has 2 aromatic rings. The van der Waals surface area contributed by atoms with Crippen LogP contribution in [0, 0.1) is 13.8 Å². The number of aryl methyl sites for hydroxylation is 2. The number of ether oxygens (including phenoxy) is 1. The summed E-state index contributed by atoms with van der Waals surface area (Å²) in [7, 11) is 1.73. The SMILES string of the molecule is Cc1cc(C)c2c(N)c(C(=O)OCC(=O)N(C)C3CC3)sc2n1. The lowest BCUT2D eigenvalue weighted by Crippen LogP contribution is -2.32. The summed E-state index contributed by atoms with van der Waals surface area (Å²) in [4.78, 5) is 31.2. The Bertz CT molecular complexity index is 795. The van der Waals surface area contributed by atoms with Gasteiger partial charge in [-0.25, -0.2) is 9.78 Å². The minimum absolute atomic E-state index is 0.189. The zero-order valence-corrected chi connectivity index (χ0v) is 14.2. The zero-order valence-electron chi connectivity index (χ0n) is 13.4. The fourth-order valence-corrected chi connectivity index (χ4v) is 3.69. The Balaban J connectivity index is 1.77. The van der Waals surface area contributed by atoms with E-state index in [4.69, 9.17) is 10.5 Å². The van der Waals surface area contributed by atoms with Crippen molar-refractivity contribution in [2.75, 3.05) is 19.4 Å². The van der Waals surface area contributed by atoms with Gasteiger partial charge in [0.1, 0.15) is 9.71 Å². The summed E-state index contributed by atoms with van der Waals surface area (Å²) in [6, 6.07) is 2.22. The minimum atomic E-state index is -0.569. The van der Waals surface area contributed by atoms with E-state index < -0.39 is 5.97 Å². The topological polar surface area (TPSA) is 85.5 Å². The number of likely N-dealkylation sites (N-methyl/N-ethyl adjacent to an activating group) is 1. The van der Waals surface area contributed by atoms with Gasteiger partial charge in [-0.3, -0.25) is 4.79 Å². The van der Waals surface area contributed by atoms with Crippen LogP contribution < -0.4 is 5.73 Å². The Labute approximate surface area is 138 Å². The van der Waals surface area contributed by atoms with Crippen LogP contribution in [0.5, 0.6) is 0 Å². The van der Waals surface area contributed by atoms with Crippen LogP contribution in [0.15, 0.2) is 6.07 Å². The normalized spacial score (nSPS) is 14.0. The molecular weight excluding hydrogens is 314 g/mol. The third-order valence-corrected chi connectivity index (χ3v) is 5.10. The van der Waals surface area contributed by atoms with E-state index in [2.05, 4.69) is 4.98 Å². The molecule has 1 aliphatic carbocycles. The summed E-state index contributed by atoms with van der Waals surface area (Å²) in [5, 5.41) is 0.786. The molecule has 2 N–H and O–H groups in total. The fourth-order valence-electron chi connectivity index (χ4n) is 2.58. The van der Waals surface area contributed by atoms with Gasteiger partial charge in [0.05, 0.1) is 5.69 Å². The van der Waals surface area contributed by atoms with E-state index in [1.54, 1.807) is 11.9 Å². The van der Waals surface area contributed by atoms with Crippen molar-refractivity contribution < 1.29 is 14.3 Å². The summed E-state index contributed by atoms with van der Waals surface area (Å²) in [6.07, 6.45) is 2.04. The Morgan fingerprint density at radius 2 is 2.13 bits per heavy atom. The van der Waals surface area contributed by atoms with E-state index in [0.717, 1.165) is 29.5 Å². The summed E-state index contributed by atoms with van der Waals surface area (Å²) in [6.45, 7) is 3.57. The minimum Gasteiger partial charge on any atom is -0.451 e. The first-order valence-electron chi connectivity index (χ1n) is 7.47. The van der Waals surface area contributed by atoms with Gasteiger partial charge in [-0.15, -0.1) is 11.3 Å². The van der Waals surface area contributed by atoms with Gasteiger partial charge in [-0.1, -0.05) is 0 Å². The van der Waals surface area contributed by atoms with Crippen LogP contribution in [0.2, 0.25) is 0 Å². The first kappa shape index (κ1) is 15.7. The molecule has 1 fully saturated rings. The summed E-state index contributed by atoms with van der Waals surface area (Å²) >= 11 is 1.20. The highest BCUT2D eigenvalue weighted by atomic mass is 32.1. The maximum absolute atomic E-state index is 12.3. The predicted molar refractivity (Wildman–Crippen MR) is 89.6 cm³/mol. The van der Waals surface area contributed by atoms with Crippen LogP contribution in [0.1, 0.15) is 33.8 Å². The number of aromatic nitrogens is 1. The van der Waals surface area contributed by atoms with Crippen LogP contribution in [0.25, 0.3) is 10.2 Å². The molecule has 2 aromatic heterocycles. The number of rotatable bonds is 4. The molecular formula is C16H19N3O3S. The third kappa shape index (κ3) is 3.01. The Hall–Kier alpha value is -2.15. The van der Waals surface area contributed by atoms with Crippen molar-refractivity contribution in [2.45, 2.75) is 32.7 Å². The van der Waals surface area contributed by atoms with E-state index in [-0.39, 0.29) is 12.5 Å². The molecule has 0 radical (unpaired) electrons. The second-order valence-electron chi connectivity index (χ2n) is 5.92. The van der Waals surface area contributed by atoms with Crippen molar-refractivity contribution in [1.82, 2.24) is 9.88 Å². The van der Waals surface area contributed by atoms with Gasteiger partial charge >= 0.3 is 5.97 Å². The molecule has 1 amide bonds. The van der Waals surface area contributed by atoms with Gasteiger partial charge in [-0.2, -0.15) is 0 Å². The number of pyridine rings is 1. The number of nitrogens with zero attached hydrogens (tertiary/aromatic N) is 2. The van der Waals surface area contributed by atoms with E-state index in [0.29, 0.717) is 21.4 Å². The Kier molecular flexibility index (Phi) is 3.97. The summed E-state index contributed by atoms with van der Waals surface area (Å²) < 4.78 is 5.14. The van der Waals surface area contributed by atoms with Crippen molar-refractivity contribution in [3.63, 3.8) is 0 Å². The lowest BCUT2D eigenvalue weighted by atomic mass is 10.1. The standard InChI is InChI=1S/C16H19N3O3S/c1-8-6-9(2)18-15-12(8)13(17)14(23-15)16(21)22-7-11(20)19(3)10-4-5-10/h6,10H,4-5,7,17H2,1-3H3. The molecule has 23 heavy (non-hydrogen) atoms. The molecule has 0 saturated heterocycles. The van der Waals surface area contributed by atoms with Crippen LogP contribution in [-0.2, 0) is 9.53 Å². The molecule has 0 aliphatic heterocycles. The number of hydrogen-bond donors (Lipinski definition) is 1. The predicted octanol–water partition coefficient (Wildman–Crippen LogP) is 2.27. The zero-order chi connectivity index (χ0) is 16.7. The van der Waals surface area contributed by atoms with Crippen molar-refractivity contribution >= 4 is 39.1 Å². The van der Waals surface area contributed by atoms with Gasteiger partial charge in [0.25, 0.3) is 5.91 Å². The number of anilines is 1. The first-order chi connectivity index (χ1) is 10.9. The van der Waals surface area contributed by atoms with Gasteiger partial charge in [-0.05, 0) is 38.3 Å². The van der Waals surface area contributed by atoms with Crippen molar-refractivity contribution in [3.05, 3.63) is 22.2 Å². The number of amides is 1. The van der Waals surface area contributed by atoms with Gasteiger partial charge < -0.3 is 15.4 Å². The third-order valence-electron chi connectivity index (χ3n) is 4.02. The van der Waals surface area contributed by atoms with Gasteiger partial charge in [0, 0.05) is 24.2 Å². The highest BCUT2D eigenvalue weighted by molar-refractivity contribution is 7.21.